The molecule has 1 amide bonds. The lowest BCUT2D eigenvalue weighted by atomic mass is 9.96. The number of amides is 1. The lowest BCUT2D eigenvalue weighted by molar-refractivity contribution is 0.0540. The maximum absolute atomic E-state index is 13.6. The molecule has 1 N–H and O–H groups in total. The molecule has 1 saturated carbocycles. The number of hydrogen-bond acceptors (Lipinski definition) is 6. The van der Waals surface area contributed by atoms with Gasteiger partial charge in [-0.1, -0.05) is 0 Å². The summed E-state index contributed by atoms with van der Waals surface area (Å²) in [7, 11) is 0. The van der Waals surface area contributed by atoms with E-state index in [0.29, 0.717) is 42.6 Å². The SMILES string of the molecule is CC(C)Oc1nc(-c2ccc(F)cc2)c(C2CC2)cc1CN1CCC(N2CCc3nc(C(=O)O)ccc3C2=O)CC1. The molecule has 0 spiro atoms. The number of carboxylic acids is 1. The topological polar surface area (TPSA) is 95.9 Å². The number of rotatable bonds is 8. The van der Waals surface area contributed by atoms with Crippen molar-refractivity contribution in [3.8, 4) is 17.1 Å². The minimum absolute atomic E-state index is 0.0239. The van der Waals surface area contributed by atoms with Crippen LogP contribution in [-0.4, -0.2) is 68.5 Å². The van der Waals surface area contributed by atoms with Crippen LogP contribution in [0.15, 0.2) is 42.5 Å². The molecule has 6 rings (SSSR count). The minimum Gasteiger partial charge on any atom is -0.477 e. The van der Waals surface area contributed by atoms with Crippen LogP contribution in [0.1, 0.15) is 83.1 Å². The van der Waals surface area contributed by atoms with E-state index >= 15 is 0 Å². The quantitative estimate of drug-likeness (QED) is 0.400. The van der Waals surface area contributed by atoms with Crippen molar-refractivity contribution in [3.63, 3.8) is 0 Å². The van der Waals surface area contributed by atoms with Gasteiger partial charge in [0.1, 0.15) is 11.5 Å². The van der Waals surface area contributed by atoms with Gasteiger partial charge in [-0.2, -0.15) is 0 Å². The lowest BCUT2D eigenvalue weighted by Crippen LogP contribution is -2.50. The fourth-order valence-corrected chi connectivity index (χ4v) is 6.01. The number of carboxylic acid groups (broad SMARTS) is 1. The highest BCUT2D eigenvalue weighted by atomic mass is 19.1. The Morgan fingerprint density at radius 2 is 1.78 bits per heavy atom. The van der Waals surface area contributed by atoms with E-state index < -0.39 is 5.97 Å². The Morgan fingerprint density at radius 1 is 1.05 bits per heavy atom. The molecule has 2 aliphatic heterocycles. The molecule has 0 radical (unpaired) electrons. The summed E-state index contributed by atoms with van der Waals surface area (Å²) in [5.41, 5.74) is 5.10. The third-order valence-corrected chi connectivity index (χ3v) is 8.24. The van der Waals surface area contributed by atoms with Crippen LogP contribution in [0.4, 0.5) is 4.39 Å². The Hall–Kier alpha value is -3.85. The molecule has 0 unspecified atom stereocenters. The zero-order valence-corrected chi connectivity index (χ0v) is 23.5. The summed E-state index contributed by atoms with van der Waals surface area (Å²) in [4.78, 5) is 38.1. The van der Waals surface area contributed by atoms with Gasteiger partial charge in [0, 0.05) is 49.8 Å². The molecule has 3 aromatic rings. The van der Waals surface area contributed by atoms with E-state index in [1.54, 1.807) is 18.2 Å². The van der Waals surface area contributed by atoms with Crippen LogP contribution in [0.5, 0.6) is 5.88 Å². The Bertz CT molecular complexity index is 1460. The zero-order chi connectivity index (χ0) is 28.7. The summed E-state index contributed by atoms with van der Waals surface area (Å²) in [6.45, 7) is 6.95. The van der Waals surface area contributed by atoms with E-state index in [1.807, 2.05) is 18.7 Å². The fourth-order valence-electron chi connectivity index (χ4n) is 6.01. The first-order chi connectivity index (χ1) is 19.8. The van der Waals surface area contributed by atoms with Crippen LogP contribution in [0, 0.1) is 5.82 Å². The Balaban J connectivity index is 1.17. The predicted molar refractivity (Wildman–Crippen MR) is 152 cm³/mol. The molecule has 2 aromatic heterocycles. The van der Waals surface area contributed by atoms with Gasteiger partial charge in [0.05, 0.1) is 23.1 Å². The number of hydrogen-bond donors (Lipinski definition) is 1. The number of piperidine rings is 1. The first kappa shape index (κ1) is 27.3. The average Bonchev–Trinajstić information content (AvgIpc) is 3.80. The number of ether oxygens (including phenoxy) is 1. The van der Waals surface area contributed by atoms with Gasteiger partial charge in [0.25, 0.3) is 5.91 Å². The highest BCUT2D eigenvalue weighted by molar-refractivity contribution is 5.97. The van der Waals surface area contributed by atoms with Crippen molar-refractivity contribution in [3.05, 3.63) is 76.4 Å². The maximum atomic E-state index is 13.6. The maximum Gasteiger partial charge on any atom is 0.354 e. The summed E-state index contributed by atoms with van der Waals surface area (Å²) in [5, 5.41) is 9.23. The van der Waals surface area contributed by atoms with Gasteiger partial charge in [0.2, 0.25) is 5.88 Å². The number of carbonyl (C=O) groups is 2. The molecule has 0 bridgehead atoms. The number of pyridine rings is 2. The van der Waals surface area contributed by atoms with Crippen molar-refractivity contribution >= 4 is 11.9 Å². The van der Waals surface area contributed by atoms with Crippen LogP contribution in [0.25, 0.3) is 11.3 Å². The van der Waals surface area contributed by atoms with E-state index in [4.69, 9.17) is 9.72 Å². The van der Waals surface area contributed by atoms with E-state index in [-0.39, 0.29) is 29.6 Å². The summed E-state index contributed by atoms with van der Waals surface area (Å²) >= 11 is 0. The predicted octanol–water partition coefficient (Wildman–Crippen LogP) is 5.31. The van der Waals surface area contributed by atoms with Crippen LogP contribution in [0.3, 0.4) is 0 Å². The summed E-state index contributed by atoms with van der Waals surface area (Å²) in [6, 6.07) is 11.9. The van der Waals surface area contributed by atoms with Crippen molar-refractivity contribution in [1.29, 1.82) is 0 Å². The molecule has 0 atom stereocenters. The number of nitrogens with zero attached hydrogens (tertiary/aromatic N) is 4. The van der Waals surface area contributed by atoms with Gasteiger partial charge < -0.3 is 14.7 Å². The Kier molecular flexibility index (Phi) is 7.46. The fraction of sp³-hybridized carbons (Fsp3) is 0.438. The first-order valence-electron chi connectivity index (χ1n) is 14.5. The smallest absolute Gasteiger partial charge is 0.354 e. The van der Waals surface area contributed by atoms with E-state index in [9.17, 15) is 19.1 Å². The Labute approximate surface area is 239 Å². The van der Waals surface area contributed by atoms with Gasteiger partial charge >= 0.3 is 5.97 Å². The third kappa shape index (κ3) is 5.81. The first-order valence-corrected chi connectivity index (χ1v) is 14.5. The zero-order valence-electron chi connectivity index (χ0n) is 23.5. The standard InChI is InChI=1S/C32H35FN4O4/c1-19(2)41-30-22(17-26(20-3-4-20)29(35-30)21-5-7-23(33)8-6-21)18-36-14-11-24(12-15-36)37-16-13-27-25(31(37)38)9-10-28(34-27)32(39)40/h5-10,17,19-20,24H,3-4,11-16,18H2,1-2H3,(H,39,40). The second-order valence-corrected chi connectivity index (χ2v) is 11.6. The van der Waals surface area contributed by atoms with Crippen molar-refractivity contribution in [2.24, 2.45) is 0 Å². The second-order valence-electron chi connectivity index (χ2n) is 11.6. The van der Waals surface area contributed by atoms with Gasteiger partial charge in [-0.05, 0) is 93.5 Å². The van der Waals surface area contributed by atoms with Crippen LogP contribution < -0.4 is 4.74 Å². The van der Waals surface area contributed by atoms with Gasteiger partial charge in [0.15, 0.2) is 0 Å². The molecule has 214 valence electrons. The van der Waals surface area contributed by atoms with Crippen LogP contribution >= 0.6 is 0 Å². The summed E-state index contributed by atoms with van der Waals surface area (Å²) < 4.78 is 19.8. The molecule has 8 nitrogen and oxygen atoms in total. The number of aromatic carboxylic acids is 1. The van der Waals surface area contributed by atoms with Crippen LogP contribution in [-0.2, 0) is 13.0 Å². The molecule has 9 heteroatoms. The highest BCUT2D eigenvalue weighted by Crippen LogP contribution is 2.45. The van der Waals surface area contributed by atoms with Gasteiger partial charge in [-0.3, -0.25) is 9.69 Å². The van der Waals surface area contributed by atoms with E-state index in [1.165, 1.54) is 23.8 Å². The molecule has 41 heavy (non-hydrogen) atoms. The van der Waals surface area contributed by atoms with Crippen molar-refractivity contribution in [2.45, 2.75) is 70.6 Å². The third-order valence-electron chi connectivity index (χ3n) is 8.24. The molecule has 1 aromatic carbocycles. The number of carbonyl (C=O) groups excluding carboxylic acids is 1. The lowest BCUT2D eigenvalue weighted by Gasteiger charge is -2.40. The summed E-state index contributed by atoms with van der Waals surface area (Å²) in [5.74, 6) is -0.311. The Morgan fingerprint density at radius 3 is 2.44 bits per heavy atom. The molecule has 3 aliphatic rings. The number of benzene rings is 1. The molecule has 4 heterocycles. The monoisotopic (exact) mass is 558 g/mol. The normalized spacial score (nSPS) is 18.0. The second kappa shape index (κ2) is 11.2. The van der Waals surface area contributed by atoms with E-state index in [0.717, 1.165) is 55.6 Å². The van der Waals surface area contributed by atoms with Crippen molar-refractivity contribution < 1.29 is 23.8 Å². The van der Waals surface area contributed by atoms with Gasteiger partial charge in [-0.25, -0.2) is 19.2 Å². The number of fused-ring (bicyclic) bond motifs is 1. The number of likely N-dealkylation sites (tertiary alicyclic amines) is 1. The van der Waals surface area contributed by atoms with Gasteiger partial charge in [-0.15, -0.1) is 0 Å². The molecular formula is C32H35FN4O4. The average molecular weight is 559 g/mol. The molecule has 1 saturated heterocycles. The highest BCUT2D eigenvalue weighted by Gasteiger charge is 2.34. The molecule has 2 fully saturated rings. The van der Waals surface area contributed by atoms with E-state index in [2.05, 4.69) is 16.0 Å². The minimum atomic E-state index is -1.08. The molecular weight excluding hydrogens is 523 g/mol. The van der Waals surface area contributed by atoms with Crippen molar-refractivity contribution in [1.82, 2.24) is 19.8 Å². The number of aromatic nitrogens is 2. The van der Waals surface area contributed by atoms with Crippen molar-refractivity contribution in [2.75, 3.05) is 19.6 Å². The molecule has 1 aliphatic carbocycles. The largest absolute Gasteiger partial charge is 0.477 e. The summed E-state index contributed by atoms with van der Waals surface area (Å²) in [6.07, 6.45) is 4.51. The van der Waals surface area contributed by atoms with Crippen LogP contribution in [0.2, 0.25) is 0 Å². The number of halogens is 1.